The van der Waals surface area contributed by atoms with E-state index in [9.17, 15) is 14.7 Å². The van der Waals surface area contributed by atoms with E-state index in [0.29, 0.717) is 49.1 Å². The van der Waals surface area contributed by atoms with Crippen LogP contribution in [0.4, 0.5) is 11.4 Å². The summed E-state index contributed by atoms with van der Waals surface area (Å²) in [5, 5.41) is 12.4. The molecule has 1 unspecified atom stereocenters. The number of carboxylic acid groups (broad SMARTS) is 1. The Labute approximate surface area is 169 Å². The lowest BCUT2D eigenvalue weighted by Crippen LogP contribution is -2.38. The van der Waals surface area contributed by atoms with Crippen LogP contribution in [0.2, 0.25) is 0 Å². The molecular formula is C21H24N2O6. The lowest BCUT2D eigenvalue weighted by atomic mass is 10.1. The van der Waals surface area contributed by atoms with Crippen molar-refractivity contribution in [2.75, 3.05) is 50.7 Å². The number of rotatable bonds is 7. The first-order chi connectivity index (χ1) is 14.0. The third kappa shape index (κ3) is 5.24. The topological polar surface area (TPSA) is 97.3 Å². The van der Waals surface area contributed by atoms with Gasteiger partial charge in [0.05, 0.1) is 44.3 Å². The van der Waals surface area contributed by atoms with Gasteiger partial charge in [-0.2, -0.15) is 0 Å². The molecule has 0 bridgehead atoms. The molecule has 2 N–H and O–H groups in total. The van der Waals surface area contributed by atoms with Crippen LogP contribution in [-0.2, 0) is 9.47 Å². The molecule has 8 heteroatoms. The summed E-state index contributed by atoms with van der Waals surface area (Å²) in [7, 11) is 3.35. The van der Waals surface area contributed by atoms with Gasteiger partial charge in [-0.05, 0) is 42.5 Å². The van der Waals surface area contributed by atoms with Crippen molar-refractivity contribution in [1.82, 2.24) is 0 Å². The molecule has 0 saturated carbocycles. The second-order valence-corrected chi connectivity index (χ2v) is 6.67. The predicted molar refractivity (Wildman–Crippen MR) is 108 cm³/mol. The number of carboxylic acids is 1. The first-order valence-corrected chi connectivity index (χ1v) is 9.21. The average molecular weight is 400 g/mol. The van der Waals surface area contributed by atoms with Crippen molar-refractivity contribution in [1.29, 1.82) is 0 Å². The van der Waals surface area contributed by atoms with E-state index in [1.807, 2.05) is 4.90 Å². The standard InChI is InChI=1S/C21H24N2O6/c1-23(12-17-13-28-9-10-29-17)19-8-5-15(11-18(19)21(25)26)22-20(24)14-3-6-16(27-2)7-4-14/h3-8,11,17H,9-10,12-13H2,1-2H3,(H,22,24)(H,25,26). The highest BCUT2D eigenvalue weighted by Crippen LogP contribution is 2.25. The van der Waals surface area contributed by atoms with E-state index in [0.717, 1.165) is 0 Å². The summed E-state index contributed by atoms with van der Waals surface area (Å²) in [6.07, 6.45) is -0.121. The average Bonchev–Trinajstić information content (AvgIpc) is 2.74. The number of aromatic carboxylic acids is 1. The van der Waals surface area contributed by atoms with Crippen LogP contribution < -0.4 is 15.0 Å². The number of nitrogens with one attached hydrogen (secondary N) is 1. The SMILES string of the molecule is COc1ccc(C(=O)Nc2ccc(N(C)CC3COCCO3)c(C(=O)O)c2)cc1. The molecule has 3 rings (SSSR count). The fraction of sp³-hybridized carbons (Fsp3) is 0.333. The molecule has 1 fully saturated rings. The van der Waals surface area contributed by atoms with E-state index in [1.165, 1.54) is 6.07 Å². The second-order valence-electron chi connectivity index (χ2n) is 6.67. The van der Waals surface area contributed by atoms with Gasteiger partial charge >= 0.3 is 5.97 Å². The quantitative estimate of drug-likeness (QED) is 0.737. The maximum Gasteiger partial charge on any atom is 0.337 e. The predicted octanol–water partition coefficient (Wildman–Crippen LogP) is 2.50. The van der Waals surface area contributed by atoms with Crippen LogP contribution in [0.15, 0.2) is 42.5 Å². The number of hydrogen-bond acceptors (Lipinski definition) is 6. The molecule has 2 aromatic carbocycles. The molecule has 1 aliphatic rings. The molecule has 154 valence electrons. The number of amides is 1. The van der Waals surface area contributed by atoms with Crippen molar-refractivity contribution in [2.45, 2.75) is 6.10 Å². The maximum absolute atomic E-state index is 12.4. The van der Waals surface area contributed by atoms with Gasteiger partial charge in [-0.25, -0.2) is 4.79 Å². The Balaban J connectivity index is 1.74. The first-order valence-electron chi connectivity index (χ1n) is 9.21. The Hall–Kier alpha value is -3.10. The van der Waals surface area contributed by atoms with E-state index in [-0.39, 0.29) is 17.6 Å². The number of carbonyl (C=O) groups is 2. The first kappa shape index (κ1) is 20.6. The Bertz CT molecular complexity index is 862. The van der Waals surface area contributed by atoms with Crippen LogP contribution in [-0.4, -0.2) is 63.6 Å². The number of likely N-dealkylation sites (N-methyl/N-ethyl adjacent to an activating group) is 1. The fourth-order valence-electron chi connectivity index (χ4n) is 3.11. The second kappa shape index (κ2) is 9.40. The summed E-state index contributed by atoms with van der Waals surface area (Å²) in [6, 6.07) is 11.5. The molecule has 0 radical (unpaired) electrons. The molecule has 0 spiro atoms. The molecule has 29 heavy (non-hydrogen) atoms. The summed E-state index contributed by atoms with van der Waals surface area (Å²) >= 11 is 0. The van der Waals surface area contributed by atoms with Crippen molar-refractivity contribution < 1.29 is 28.9 Å². The van der Waals surface area contributed by atoms with Crippen molar-refractivity contribution in [3.8, 4) is 5.75 Å². The van der Waals surface area contributed by atoms with Gasteiger partial charge in [0.1, 0.15) is 5.75 Å². The number of hydrogen-bond donors (Lipinski definition) is 2. The van der Waals surface area contributed by atoms with Gasteiger partial charge in [-0.3, -0.25) is 4.79 Å². The maximum atomic E-state index is 12.4. The minimum absolute atomic E-state index is 0.0942. The summed E-state index contributed by atoms with van der Waals surface area (Å²) < 4.78 is 16.1. The number of benzene rings is 2. The fourth-order valence-corrected chi connectivity index (χ4v) is 3.11. The Morgan fingerprint density at radius 1 is 1.21 bits per heavy atom. The van der Waals surface area contributed by atoms with Crippen LogP contribution in [0, 0.1) is 0 Å². The molecule has 0 aromatic heterocycles. The number of carbonyl (C=O) groups excluding carboxylic acids is 1. The smallest absolute Gasteiger partial charge is 0.337 e. The van der Waals surface area contributed by atoms with Crippen LogP contribution in [0.5, 0.6) is 5.75 Å². The van der Waals surface area contributed by atoms with Gasteiger partial charge in [0.15, 0.2) is 0 Å². The lowest BCUT2D eigenvalue weighted by Gasteiger charge is -2.29. The monoisotopic (exact) mass is 400 g/mol. The van der Waals surface area contributed by atoms with Crippen LogP contribution in [0.3, 0.4) is 0 Å². The van der Waals surface area contributed by atoms with Crippen LogP contribution >= 0.6 is 0 Å². The third-order valence-electron chi connectivity index (χ3n) is 4.61. The van der Waals surface area contributed by atoms with E-state index in [1.54, 1.807) is 50.6 Å². The van der Waals surface area contributed by atoms with E-state index < -0.39 is 5.97 Å². The van der Waals surface area contributed by atoms with Crippen molar-refractivity contribution in [3.63, 3.8) is 0 Å². The molecule has 1 aliphatic heterocycles. The molecule has 2 aromatic rings. The molecule has 1 atom stereocenters. The molecular weight excluding hydrogens is 376 g/mol. The van der Waals surface area contributed by atoms with Gasteiger partial charge in [0.2, 0.25) is 0 Å². The Morgan fingerprint density at radius 2 is 1.97 bits per heavy atom. The van der Waals surface area contributed by atoms with Crippen molar-refractivity contribution >= 4 is 23.3 Å². The zero-order valence-electron chi connectivity index (χ0n) is 16.4. The molecule has 0 aliphatic carbocycles. The lowest BCUT2D eigenvalue weighted by molar-refractivity contribution is -0.0837. The van der Waals surface area contributed by atoms with Gasteiger partial charge in [-0.1, -0.05) is 0 Å². The van der Waals surface area contributed by atoms with Crippen molar-refractivity contribution in [3.05, 3.63) is 53.6 Å². The Kier molecular flexibility index (Phi) is 6.69. The largest absolute Gasteiger partial charge is 0.497 e. The molecule has 8 nitrogen and oxygen atoms in total. The van der Waals surface area contributed by atoms with E-state index >= 15 is 0 Å². The normalized spacial score (nSPS) is 16.1. The van der Waals surface area contributed by atoms with Crippen molar-refractivity contribution in [2.24, 2.45) is 0 Å². The van der Waals surface area contributed by atoms with Gasteiger partial charge in [0, 0.05) is 24.8 Å². The molecule has 1 heterocycles. The van der Waals surface area contributed by atoms with E-state index in [2.05, 4.69) is 5.32 Å². The number of nitrogens with zero attached hydrogens (tertiary/aromatic N) is 1. The highest BCUT2D eigenvalue weighted by atomic mass is 16.6. The number of anilines is 2. The zero-order valence-corrected chi connectivity index (χ0v) is 16.4. The van der Waals surface area contributed by atoms with Gasteiger partial charge in [0.25, 0.3) is 5.91 Å². The summed E-state index contributed by atoms with van der Waals surface area (Å²) in [5.41, 5.74) is 1.47. The Morgan fingerprint density at radius 3 is 2.59 bits per heavy atom. The zero-order chi connectivity index (χ0) is 20.8. The number of methoxy groups -OCH3 is 1. The summed E-state index contributed by atoms with van der Waals surface area (Å²) in [6.45, 7) is 2.07. The van der Waals surface area contributed by atoms with Crippen LogP contribution in [0.1, 0.15) is 20.7 Å². The third-order valence-corrected chi connectivity index (χ3v) is 4.61. The molecule has 1 saturated heterocycles. The highest BCUT2D eigenvalue weighted by Gasteiger charge is 2.20. The number of ether oxygens (including phenoxy) is 3. The van der Waals surface area contributed by atoms with Gasteiger partial charge < -0.3 is 29.5 Å². The van der Waals surface area contributed by atoms with Gasteiger partial charge in [-0.15, -0.1) is 0 Å². The minimum Gasteiger partial charge on any atom is -0.497 e. The highest BCUT2D eigenvalue weighted by molar-refractivity contribution is 6.05. The minimum atomic E-state index is -1.08. The summed E-state index contributed by atoms with van der Waals surface area (Å²) in [4.78, 5) is 26.0. The molecule has 1 amide bonds. The summed E-state index contributed by atoms with van der Waals surface area (Å²) in [5.74, 6) is -0.763. The van der Waals surface area contributed by atoms with Crippen LogP contribution in [0.25, 0.3) is 0 Å². The van der Waals surface area contributed by atoms with E-state index in [4.69, 9.17) is 14.2 Å².